The molecule has 2 aromatic rings. The minimum absolute atomic E-state index is 0.0252. The molecule has 10 heteroatoms. The first-order valence-electron chi connectivity index (χ1n) is 10.2. The van der Waals surface area contributed by atoms with E-state index in [-0.39, 0.29) is 26.6 Å². The highest BCUT2D eigenvalue weighted by atomic mass is 16.7. The highest BCUT2D eigenvalue weighted by molar-refractivity contribution is 5.85. The predicted octanol–water partition coefficient (Wildman–Crippen LogP) is 3.12. The van der Waals surface area contributed by atoms with Crippen LogP contribution in [0.3, 0.4) is 0 Å². The predicted molar refractivity (Wildman–Crippen MR) is 117 cm³/mol. The van der Waals surface area contributed by atoms with Gasteiger partial charge >= 0.3 is 12.1 Å². The molecule has 0 spiro atoms. The summed E-state index contributed by atoms with van der Waals surface area (Å²) in [7, 11) is 0. The summed E-state index contributed by atoms with van der Waals surface area (Å²) in [6.07, 6.45) is -0.558. The number of carboxylic acids is 1. The van der Waals surface area contributed by atoms with E-state index in [1.807, 2.05) is 0 Å². The van der Waals surface area contributed by atoms with Crippen LogP contribution in [0.2, 0.25) is 0 Å². The van der Waals surface area contributed by atoms with Gasteiger partial charge in [-0.3, -0.25) is 5.32 Å². The van der Waals surface area contributed by atoms with Crippen LogP contribution in [0.25, 0.3) is 0 Å². The second-order valence-corrected chi connectivity index (χ2v) is 6.75. The maximum absolute atomic E-state index is 12.8. The second kappa shape index (κ2) is 11.7. The summed E-state index contributed by atoms with van der Waals surface area (Å²) in [4.78, 5) is 23.9. The molecular formula is C23H25NO9. The standard InChI is InChI=1S/C23H25NO9/c1-2-29-19(9-10-21(26)27)22(16-5-3-4-6-17(16)30-12-11-25)33-23(28)24-15-7-8-18-20(13-15)32-14-31-18/h3-10,13,19,22,25H,2,11-12,14H2,1H3,(H,24,28)(H,26,27)/b10-9+/t19-,22-/m1/s1. The molecule has 33 heavy (non-hydrogen) atoms. The van der Waals surface area contributed by atoms with Crippen molar-refractivity contribution >= 4 is 17.7 Å². The van der Waals surface area contributed by atoms with Crippen molar-refractivity contribution in [2.45, 2.75) is 19.1 Å². The number of para-hydroxylation sites is 1. The highest BCUT2D eigenvalue weighted by Gasteiger charge is 2.29. The molecule has 0 aromatic heterocycles. The Labute approximate surface area is 190 Å². The van der Waals surface area contributed by atoms with Crippen LogP contribution in [0.1, 0.15) is 18.6 Å². The van der Waals surface area contributed by atoms with Crippen LogP contribution in [-0.4, -0.2) is 55.0 Å². The summed E-state index contributed by atoms with van der Waals surface area (Å²) < 4.78 is 27.5. The van der Waals surface area contributed by atoms with E-state index < -0.39 is 24.3 Å². The molecule has 1 aliphatic heterocycles. The average Bonchev–Trinajstić information content (AvgIpc) is 3.27. The van der Waals surface area contributed by atoms with E-state index in [1.54, 1.807) is 49.4 Å². The molecule has 3 rings (SSSR count). The molecule has 0 fully saturated rings. The first-order valence-corrected chi connectivity index (χ1v) is 10.2. The Morgan fingerprint density at radius 2 is 1.97 bits per heavy atom. The number of benzene rings is 2. The summed E-state index contributed by atoms with van der Waals surface area (Å²) in [6.45, 7) is 1.88. The number of hydrogen-bond acceptors (Lipinski definition) is 8. The number of hydrogen-bond donors (Lipinski definition) is 3. The van der Waals surface area contributed by atoms with E-state index in [0.717, 1.165) is 6.08 Å². The van der Waals surface area contributed by atoms with Gasteiger partial charge in [0, 0.05) is 30.0 Å². The van der Waals surface area contributed by atoms with E-state index in [9.17, 15) is 9.59 Å². The number of carboxylic acid groups (broad SMARTS) is 1. The van der Waals surface area contributed by atoms with Crippen molar-refractivity contribution in [1.82, 2.24) is 0 Å². The Balaban J connectivity index is 1.87. The van der Waals surface area contributed by atoms with Crippen LogP contribution in [-0.2, 0) is 14.3 Å². The molecule has 2 aromatic carbocycles. The van der Waals surface area contributed by atoms with Gasteiger partial charge in [0.2, 0.25) is 6.79 Å². The number of aliphatic hydroxyl groups excluding tert-OH is 1. The molecule has 10 nitrogen and oxygen atoms in total. The molecule has 1 aliphatic rings. The largest absolute Gasteiger partial charge is 0.491 e. The number of ether oxygens (including phenoxy) is 5. The zero-order chi connectivity index (χ0) is 23.6. The third-order valence-electron chi connectivity index (χ3n) is 4.51. The minimum Gasteiger partial charge on any atom is -0.491 e. The van der Waals surface area contributed by atoms with Gasteiger partial charge in [0.1, 0.15) is 18.5 Å². The van der Waals surface area contributed by atoms with Gasteiger partial charge in [0.05, 0.1) is 6.61 Å². The number of aliphatic carboxylic acids is 1. The fourth-order valence-electron chi connectivity index (χ4n) is 3.16. The van der Waals surface area contributed by atoms with Crippen LogP contribution in [0, 0.1) is 0 Å². The molecular weight excluding hydrogens is 434 g/mol. The highest BCUT2D eigenvalue weighted by Crippen LogP contribution is 2.35. The molecule has 3 N–H and O–H groups in total. The Morgan fingerprint density at radius 1 is 1.18 bits per heavy atom. The monoisotopic (exact) mass is 459 g/mol. The van der Waals surface area contributed by atoms with Crippen molar-refractivity contribution in [3.63, 3.8) is 0 Å². The van der Waals surface area contributed by atoms with E-state index in [0.29, 0.717) is 28.5 Å². The number of rotatable bonds is 11. The van der Waals surface area contributed by atoms with E-state index in [2.05, 4.69) is 5.32 Å². The fraction of sp³-hybridized carbons (Fsp3) is 0.304. The van der Waals surface area contributed by atoms with E-state index in [4.69, 9.17) is 33.9 Å². The SMILES string of the molecule is CCO[C@H](/C=C/C(=O)O)[C@H](OC(=O)Nc1ccc2c(c1)OCO2)c1ccccc1OCCO. The van der Waals surface area contributed by atoms with Crippen molar-refractivity contribution in [2.24, 2.45) is 0 Å². The van der Waals surface area contributed by atoms with Crippen LogP contribution in [0.15, 0.2) is 54.6 Å². The molecule has 0 saturated heterocycles. The summed E-state index contributed by atoms with van der Waals surface area (Å²) in [6, 6.07) is 11.7. The van der Waals surface area contributed by atoms with Gasteiger partial charge in [-0.2, -0.15) is 0 Å². The Morgan fingerprint density at radius 3 is 2.73 bits per heavy atom. The number of fused-ring (bicyclic) bond motifs is 1. The first-order chi connectivity index (χ1) is 16.0. The fourth-order valence-corrected chi connectivity index (χ4v) is 3.16. The summed E-state index contributed by atoms with van der Waals surface area (Å²) in [5, 5.41) is 20.8. The van der Waals surface area contributed by atoms with Crippen molar-refractivity contribution in [3.05, 3.63) is 60.2 Å². The third kappa shape index (κ3) is 6.61. The summed E-state index contributed by atoms with van der Waals surface area (Å²) in [5.74, 6) is 0.245. The average molecular weight is 459 g/mol. The van der Waals surface area contributed by atoms with Crippen LogP contribution in [0.5, 0.6) is 17.2 Å². The van der Waals surface area contributed by atoms with Gasteiger partial charge in [-0.05, 0) is 31.2 Å². The van der Waals surface area contributed by atoms with Gasteiger partial charge in [0.15, 0.2) is 17.6 Å². The quantitative estimate of drug-likeness (QED) is 0.434. The Bertz CT molecular complexity index is 992. The lowest BCUT2D eigenvalue weighted by molar-refractivity contribution is -0.131. The number of carbonyl (C=O) groups excluding carboxylic acids is 1. The maximum Gasteiger partial charge on any atom is 0.412 e. The lowest BCUT2D eigenvalue weighted by Gasteiger charge is -2.26. The minimum atomic E-state index is -1.17. The van der Waals surface area contributed by atoms with Crippen molar-refractivity contribution in [2.75, 3.05) is 31.9 Å². The molecule has 0 radical (unpaired) electrons. The van der Waals surface area contributed by atoms with Gasteiger partial charge in [-0.1, -0.05) is 18.2 Å². The molecule has 0 bridgehead atoms. The van der Waals surface area contributed by atoms with Crippen molar-refractivity contribution in [3.8, 4) is 17.2 Å². The Hall–Kier alpha value is -3.76. The first kappa shape index (κ1) is 23.9. The lowest BCUT2D eigenvalue weighted by Crippen LogP contribution is -2.28. The molecule has 0 saturated carbocycles. The number of anilines is 1. The van der Waals surface area contributed by atoms with Crippen LogP contribution < -0.4 is 19.5 Å². The van der Waals surface area contributed by atoms with Crippen molar-refractivity contribution < 1.29 is 43.5 Å². The number of carbonyl (C=O) groups is 2. The zero-order valence-corrected chi connectivity index (χ0v) is 17.9. The normalized spacial score (nSPS) is 14.0. The van der Waals surface area contributed by atoms with E-state index >= 15 is 0 Å². The van der Waals surface area contributed by atoms with Gasteiger partial charge in [0.25, 0.3) is 0 Å². The molecule has 2 atom stereocenters. The molecule has 0 aliphatic carbocycles. The van der Waals surface area contributed by atoms with Gasteiger partial charge in [-0.15, -0.1) is 0 Å². The zero-order valence-electron chi connectivity index (χ0n) is 17.9. The second-order valence-electron chi connectivity index (χ2n) is 6.75. The number of aliphatic hydroxyl groups is 1. The van der Waals surface area contributed by atoms with Gasteiger partial charge in [-0.25, -0.2) is 9.59 Å². The third-order valence-corrected chi connectivity index (χ3v) is 4.51. The number of amides is 1. The Kier molecular flexibility index (Phi) is 8.50. The smallest absolute Gasteiger partial charge is 0.412 e. The molecule has 1 amide bonds. The molecule has 1 heterocycles. The topological polar surface area (TPSA) is 133 Å². The molecule has 176 valence electrons. The number of nitrogens with one attached hydrogen (secondary N) is 1. The summed E-state index contributed by atoms with van der Waals surface area (Å²) >= 11 is 0. The molecule has 0 unspecified atom stereocenters. The van der Waals surface area contributed by atoms with Gasteiger partial charge < -0.3 is 33.9 Å². The lowest BCUT2D eigenvalue weighted by atomic mass is 10.0. The van der Waals surface area contributed by atoms with Crippen molar-refractivity contribution in [1.29, 1.82) is 0 Å². The van der Waals surface area contributed by atoms with Crippen LogP contribution >= 0.6 is 0 Å². The maximum atomic E-state index is 12.8. The van der Waals surface area contributed by atoms with E-state index in [1.165, 1.54) is 6.08 Å². The summed E-state index contributed by atoms with van der Waals surface area (Å²) in [5.41, 5.74) is 0.863. The van der Waals surface area contributed by atoms with Crippen LogP contribution in [0.4, 0.5) is 10.5 Å².